The normalized spacial score (nSPS) is 11.0. The Morgan fingerprint density at radius 3 is 2.06 bits per heavy atom. The van der Waals surface area contributed by atoms with Gasteiger partial charge in [-0.05, 0) is 36.9 Å². The van der Waals surface area contributed by atoms with Gasteiger partial charge in [0.25, 0.3) is 0 Å². The number of aryl methyl sites for hydroxylation is 1. The third kappa shape index (κ3) is 4.52. The number of halogens is 1. The highest BCUT2D eigenvalue weighted by molar-refractivity contribution is 7.98. The molecule has 0 unspecified atom stereocenters. The van der Waals surface area contributed by atoms with Gasteiger partial charge in [0.05, 0.1) is 10.6 Å². The number of carbonyl (C=O) groups is 1. The van der Waals surface area contributed by atoms with E-state index in [0.717, 1.165) is 27.5 Å². The number of rotatable bonds is 7. The minimum atomic E-state index is -0.345. The van der Waals surface area contributed by atoms with Crippen LogP contribution in [0.15, 0.2) is 114 Å². The Bertz CT molecular complexity index is 1510. The maximum absolute atomic E-state index is 15.4. The summed E-state index contributed by atoms with van der Waals surface area (Å²) in [6.07, 6.45) is 2.52. The maximum atomic E-state index is 15.4. The van der Waals surface area contributed by atoms with Crippen LogP contribution in [0.1, 0.15) is 32.7 Å². The van der Waals surface area contributed by atoms with E-state index in [1.165, 1.54) is 17.8 Å². The summed E-state index contributed by atoms with van der Waals surface area (Å²) in [6.45, 7) is 2.00. The van der Waals surface area contributed by atoms with Gasteiger partial charge in [0.15, 0.2) is 5.78 Å². The smallest absolute Gasteiger partial charge is 0.196 e. The number of thioether (sulfide) groups is 1. The second-order valence-electron chi connectivity index (χ2n) is 8.71. The molecule has 0 saturated heterocycles. The molecular formula is C32H26FNOS. The highest BCUT2D eigenvalue weighted by Gasteiger charge is 2.30. The summed E-state index contributed by atoms with van der Waals surface area (Å²) in [6, 6.07) is 34.4. The molecule has 4 heteroatoms. The van der Waals surface area contributed by atoms with E-state index >= 15 is 4.39 Å². The molecule has 4 aromatic carbocycles. The van der Waals surface area contributed by atoms with Crippen molar-refractivity contribution in [2.45, 2.75) is 18.4 Å². The number of nitrogens with zero attached hydrogens (tertiary/aromatic N) is 1. The highest BCUT2D eigenvalue weighted by Crippen LogP contribution is 2.42. The van der Waals surface area contributed by atoms with Crippen molar-refractivity contribution in [3.8, 4) is 16.8 Å². The lowest BCUT2D eigenvalue weighted by Gasteiger charge is -2.14. The van der Waals surface area contributed by atoms with Gasteiger partial charge >= 0.3 is 0 Å². The average Bonchev–Trinajstić information content (AvgIpc) is 3.23. The number of ketones is 1. The molecule has 2 nitrogen and oxygen atoms in total. The van der Waals surface area contributed by atoms with E-state index < -0.39 is 0 Å². The molecule has 1 heterocycles. The summed E-state index contributed by atoms with van der Waals surface area (Å²) >= 11 is 1.51. The molecule has 0 radical (unpaired) electrons. The fraction of sp³-hybridized carbons (Fsp3) is 0.0938. The molecule has 36 heavy (non-hydrogen) atoms. The van der Waals surface area contributed by atoms with Gasteiger partial charge in [0.2, 0.25) is 0 Å². The molecule has 0 fully saturated rings. The predicted molar refractivity (Wildman–Crippen MR) is 147 cm³/mol. The Morgan fingerprint density at radius 1 is 0.806 bits per heavy atom. The van der Waals surface area contributed by atoms with Gasteiger partial charge in [-0.15, -0.1) is 11.8 Å². The average molecular weight is 492 g/mol. The standard InChI is InChI=1S/C32H26FNOS/c1-22-17-19-24(20-18-22)31(35)30-29(26-15-9-10-16-27(26)33)28(21-23-11-5-3-6-12-23)34(32(30)36-2)25-13-7-4-8-14-25/h3-20H,21H2,1-2H3. The Labute approximate surface area is 215 Å². The zero-order valence-corrected chi connectivity index (χ0v) is 21.1. The van der Waals surface area contributed by atoms with Crippen molar-refractivity contribution in [1.29, 1.82) is 0 Å². The first-order chi connectivity index (χ1) is 17.6. The van der Waals surface area contributed by atoms with Crippen molar-refractivity contribution >= 4 is 17.5 Å². The predicted octanol–water partition coefficient (Wildman–Crippen LogP) is 8.14. The van der Waals surface area contributed by atoms with Crippen LogP contribution in [0.2, 0.25) is 0 Å². The zero-order valence-electron chi connectivity index (χ0n) is 20.2. The van der Waals surface area contributed by atoms with Gasteiger partial charge in [-0.3, -0.25) is 4.79 Å². The fourth-order valence-electron chi connectivity index (χ4n) is 4.61. The van der Waals surface area contributed by atoms with Gasteiger partial charge in [-0.2, -0.15) is 0 Å². The van der Waals surface area contributed by atoms with Crippen LogP contribution in [0, 0.1) is 12.7 Å². The minimum Gasteiger partial charge on any atom is -0.307 e. The Morgan fingerprint density at radius 2 is 1.42 bits per heavy atom. The van der Waals surface area contributed by atoms with E-state index in [-0.39, 0.29) is 11.6 Å². The molecular weight excluding hydrogens is 465 g/mol. The van der Waals surface area contributed by atoms with Crippen LogP contribution < -0.4 is 0 Å². The summed E-state index contributed by atoms with van der Waals surface area (Å²) in [5.41, 5.74) is 6.20. The van der Waals surface area contributed by atoms with Crippen LogP contribution in [0.5, 0.6) is 0 Å². The van der Waals surface area contributed by atoms with Crippen LogP contribution in [0.25, 0.3) is 16.8 Å². The summed E-state index contributed by atoms with van der Waals surface area (Å²) in [5.74, 6) is -0.454. The van der Waals surface area contributed by atoms with Gasteiger partial charge < -0.3 is 4.57 Å². The van der Waals surface area contributed by atoms with Crippen LogP contribution in [0.4, 0.5) is 4.39 Å². The third-order valence-electron chi connectivity index (χ3n) is 6.33. The van der Waals surface area contributed by atoms with E-state index in [9.17, 15) is 4.79 Å². The maximum Gasteiger partial charge on any atom is 0.196 e. The van der Waals surface area contributed by atoms with Crippen molar-refractivity contribution in [2.75, 3.05) is 6.26 Å². The van der Waals surface area contributed by atoms with Crippen LogP contribution in [0.3, 0.4) is 0 Å². The first-order valence-electron chi connectivity index (χ1n) is 11.9. The van der Waals surface area contributed by atoms with Crippen molar-refractivity contribution in [3.05, 3.63) is 143 Å². The van der Waals surface area contributed by atoms with Crippen LogP contribution >= 0.6 is 11.8 Å². The molecule has 0 N–H and O–H groups in total. The molecule has 0 bridgehead atoms. The lowest BCUT2D eigenvalue weighted by molar-refractivity contribution is 0.103. The summed E-state index contributed by atoms with van der Waals surface area (Å²) in [7, 11) is 0. The van der Waals surface area contributed by atoms with E-state index in [1.54, 1.807) is 12.1 Å². The molecule has 178 valence electrons. The molecule has 5 aromatic rings. The summed E-state index contributed by atoms with van der Waals surface area (Å²) in [5, 5.41) is 0.802. The van der Waals surface area contributed by atoms with E-state index in [2.05, 4.69) is 16.7 Å². The number of benzene rings is 4. The molecule has 5 rings (SSSR count). The topological polar surface area (TPSA) is 22.0 Å². The summed E-state index contributed by atoms with van der Waals surface area (Å²) < 4.78 is 17.5. The fourth-order valence-corrected chi connectivity index (χ4v) is 5.41. The number of para-hydroxylation sites is 1. The Balaban J connectivity index is 1.87. The molecule has 0 spiro atoms. The monoisotopic (exact) mass is 491 g/mol. The van der Waals surface area contributed by atoms with Gasteiger partial charge in [0, 0.05) is 34.5 Å². The zero-order chi connectivity index (χ0) is 25.1. The van der Waals surface area contributed by atoms with Gasteiger partial charge in [-0.25, -0.2) is 4.39 Å². The largest absolute Gasteiger partial charge is 0.307 e. The van der Waals surface area contributed by atoms with Crippen molar-refractivity contribution < 1.29 is 9.18 Å². The van der Waals surface area contributed by atoms with Crippen LogP contribution in [-0.2, 0) is 6.42 Å². The molecule has 0 atom stereocenters. The molecule has 0 aliphatic carbocycles. The lowest BCUT2D eigenvalue weighted by atomic mass is 9.93. The van der Waals surface area contributed by atoms with Crippen molar-refractivity contribution in [3.63, 3.8) is 0 Å². The van der Waals surface area contributed by atoms with Crippen molar-refractivity contribution in [2.24, 2.45) is 0 Å². The van der Waals surface area contributed by atoms with E-state index in [4.69, 9.17) is 0 Å². The third-order valence-corrected chi connectivity index (χ3v) is 7.10. The Kier molecular flexibility index (Phi) is 6.88. The number of hydrogen-bond donors (Lipinski definition) is 0. The second-order valence-corrected chi connectivity index (χ2v) is 9.51. The quantitative estimate of drug-likeness (QED) is 0.169. The minimum absolute atomic E-state index is 0.110. The number of hydrogen-bond acceptors (Lipinski definition) is 2. The number of aromatic nitrogens is 1. The molecule has 0 amide bonds. The molecule has 0 aliphatic rings. The SMILES string of the molecule is CSc1c(C(=O)c2ccc(C)cc2)c(-c2ccccc2F)c(Cc2ccccc2)n1-c1ccccc1. The second kappa shape index (κ2) is 10.4. The van der Waals surface area contributed by atoms with Crippen LogP contribution in [-0.4, -0.2) is 16.6 Å². The highest BCUT2D eigenvalue weighted by atomic mass is 32.2. The summed E-state index contributed by atoms with van der Waals surface area (Å²) in [4.78, 5) is 14.1. The van der Waals surface area contributed by atoms with E-state index in [0.29, 0.717) is 28.7 Å². The van der Waals surface area contributed by atoms with Gasteiger partial charge in [-0.1, -0.05) is 96.6 Å². The first-order valence-corrected chi connectivity index (χ1v) is 13.1. The van der Waals surface area contributed by atoms with Crippen molar-refractivity contribution in [1.82, 2.24) is 4.57 Å². The van der Waals surface area contributed by atoms with Gasteiger partial charge in [0.1, 0.15) is 5.82 Å². The first kappa shape index (κ1) is 23.8. The molecule has 0 saturated carbocycles. The lowest BCUT2D eigenvalue weighted by Crippen LogP contribution is -2.05. The molecule has 1 aromatic heterocycles. The molecule has 0 aliphatic heterocycles. The Hall–Kier alpha value is -3.89. The number of carbonyl (C=O) groups excluding carboxylic acids is 1. The van der Waals surface area contributed by atoms with E-state index in [1.807, 2.05) is 92.0 Å².